The third-order valence-electron chi connectivity index (χ3n) is 4.92. The number of rotatable bonds is 9. The Morgan fingerprint density at radius 2 is 1.91 bits per heavy atom. The van der Waals surface area contributed by atoms with Crippen molar-refractivity contribution in [2.75, 3.05) is 24.8 Å². The number of hydrogen-bond acceptors (Lipinski definition) is 9. The van der Waals surface area contributed by atoms with E-state index in [9.17, 15) is 23.1 Å². The smallest absolute Gasteiger partial charge is 0.269 e. The van der Waals surface area contributed by atoms with Crippen LogP contribution in [-0.4, -0.2) is 37.1 Å². The quantitative estimate of drug-likeness (QED) is 0.239. The zero-order valence-electron chi connectivity index (χ0n) is 17.4. The Bertz CT molecular complexity index is 1310. The first-order chi connectivity index (χ1) is 15.1. The Kier molecular flexibility index (Phi) is 6.84. The van der Waals surface area contributed by atoms with Crippen LogP contribution in [0.2, 0.25) is 5.02 Å². The number of anilines is 3. The second-order valence-electron chi connectivity index (χ2n) is 6.79. The highest BCUT2D eigenvalue weighted by molar-refractivity contribution is 7.89. The summed E-state index contributed by atoms with van der Waals surface area (Å²) < 4.78 is 25.8. The molecule has 3 rings (SSSR count). The van der Waals surface area contributed by atoms with Crippen LogP contribution in [0.1, 0.15) is 24.9 Å². The number of hydroxylamine groups is 1. The number of pyridine rings is 1. The summed E-state index contributed by atoms with van der Waals surface area (Å²) in [4.78, 5) is 32.6. The lowest BCUT2D eigenvalue weighted by Gasteiger charge is -2.22. The highest BCUT2D eigenvalue weighted by atomic mass is 35.5. The fraction of sp³-hybridized carbons (Fsp3) is 0.250. The SMILES string of the molecule is CCC(Nc1c(Nc2ccc(Cl)c(S(=O)(=O)N(C)OC)c2O)c(=O)c1=O)c1cccnc1. The standard InChI is InChI=1S/C20H21ClN4O6S/c1-4-13(11-6-5-9-22-10-11)23-15-16(19(28)18(15)27)24-14-8-7-12(21)20(17(14)26)32(29,30)25(2)31-3/h5-10,13,23-24,26H,4H2,1-3H3. The summed E-state index contributed by atoms with van der Waals surface area (Å²) >= 11 is 6.01. The van der Waals surface area contributed by atoms with Crippen LogP contribution in [0.4, 0.5) is 17.1 Å². The lowest BCUT2D eigenvalue weighted by Crippen LogP contribution is -2.37. The van der Waals surface area contributed by atoms with Gasteiger partial charge in [0.15, 0.2) is 5.75 Å². The summed E-state index contributed by atoms with van der Waals surface area (Å²) in [5.41, 5.74) is -0.908. The van der Waals surface area contributed by atoms with E-state index in [-0.39, 0.29) is 28.1 Å². The van der Waals surface area contributed by atoms with Gasteiger partial charge in [0, 0.05) is 19.4 Å². The van der Waals surface area contributed by atoms with Crippen molar-refractivity contribution >= 4 is 38.7 Å². The Labute approximate surface area is 189 Å². The first kappa shape index (κ1) is 23.7. The molecule has 0 bridgehead atoms. The van der Waals surface area contributed by atoms with E-state index in [2.05, 4.69) is 15.6 Å². The lowest BCUT2D eigenvalue weighted by molar-refractivity contribution is -0.0259. The van der Waals surface area contributed by atoms with Gasteiger partial charge >= 0.3 is 0 Å². The maximum absolute atomic E-state index is 12.6. The van der Waals surface area contributed by atoms with Crippen LogP contribution in [0.25, 0.3) is 0 Å². The summed E-state index contributed by atoms with van der Waals surface area (Å²) in [5.74, 6) is -0.723. The van der Waals surface area contributed by atoms with Gasteiger partial charge in [-0.15, -0.1) is 0 Å². The van der Waals surface area contributed by atoms with Crippen LogP contribution < -0.4 is 21.5 Å². The molecular formula is C20H21ClN4O6S. The van der Waals surface area contributed by atoms with Crippen LogP contribution in [0.3, 0.4) is 0 Å². The van der Waals surface area contributed by atoms with Crippen LogP contribution in [0.5, 0.6) is 5.75 Å². The van der Waals surface area contributed by atoms with Gasteiger partial charge in [-0.05, 0) is 30.2 Å². The zero-order valence-corrected chi connectivity index (χ0v) is 19.0. The Hall–Kier alpha value is -2.99. The van der Waals surface area contributed by atoms with Gasteiger partial charge in [-0.25, -0.2) is 8.42 Å². The van der Waals surface area contributed by atoms with Crippen molar-refractivity contribution in [2.45, 2.75) is 24.3 Å². The first-order valence-corrected chi connectivity index (χ1v) is 11.3. The van der Waals surface area contributed by atoms with E-state index < -0.39 is 31.5 Å². The van der Waals surface area contributed by atoms with E-state index in [1.165, 1.54) is 12.1 Å². The van der Waals surface area contributed by atoms with Gasteiger partial charge in [0.2, 0.25) is 0 Å². The average Bonchev–Trinajstić information content (AvgIpc) is 2.79. The highest BCUT2D eigenvalue weighted by Gasteiger charge is 2.31. The van der Waals surface area contributed by atoms with Crippen LogP contribution in [0.15, 0.2) is 51.1 Å². The monoisotopic (exact) mass is 480 g/mol. The number of aromatic nitrogens is 1. The average molecular weight is 481 g/mol. The molecule has 3 aromatic rings. The molecular weight excluding hydrogens is 460 g/mol. The fourth-order valence-electron chi connectivity index (χ4n) is 3.08. The molecule has 0 amide bonds. The largest absolute Gasteiger partial charge is 0.504 e. The molecule has 10 nitrogen and oxygen atoms in total. The van der Waals surface area contributed by atoms with Gasteiger partial charge in [0.25, 0.3) is 20.9 Å². The third-order valence-corrected chi connectivity index (χ3v) is 7.10. The van der Waals surface area contributed by atoms with Crippen molar-refractivity contribution < 1.29 is 18.4 Å². The number of benzene rings is 1. The van der Waals surface area contributed by atoms with E-state index >= 15 is 0 Å². The van der Waals surface area contributed by atoms with Gasteiger partial charge in [0.1, 0.15) is 16.3 Å². The van der Waals surface area contributed by atoms with E-state index in [4.69, 9.17) is 16.4 Å². The predicted octanol–water partition coefficient (Wildman–Crippen LogP) is 2.53. The molecule has 3 N–H and O–H groups in total. The summed E-state index contributed by atoms with van der Waals surface area (Å²) in [5, 5.41) is 16.0. The molecule has 0 aliphatic heterocycles. The second kappa shape index (κ2) is 9.25. The lowest BCUT2D eigenvalue weighted by atomic mass is 10.0. The molecule has 1 aromatic heterocycles. The molecule has 0 aliphatic rings. The first-order valence-electron chi connectivity index (χ1n) is 9.44. The number of nitrogens with zero attached hydrogens (tertiary/aromatic N) is 2. The van der Waals surface area contributed by atoms with Crippen LogP contribution >= 0.6 is 11.6 Å². The molecule has 0 fully saturated rings. The summed E-state index contributed by atoms with van der Waals surface area (Å²) in [6, 6.07) is 5.83. The Balaban J connectivity index is 1.98. The summed E-state index contributed by atoms with van der Waals surface area (Å²) in [6.45, 7) is 1.90. The van der Waals surface area contributed by atoms with Gasteiger partial charge < -0.3 is 15.7 Å². The molecule has 0 radical (unpaired) electrons. The van der Waals surface area contributed by atoms with Gasteiger partial charge in [-0.3, -0.25) is 19.4 Å². The molecule has 0 saturated carbocycles. The number of nitrogens with one attached hydrogen (secondary N) is 2. The molecule has 170 valence electrons. The number of phenolic OH excluding ortho intramolecular Hbond substituents is 1. The van der Waals surface area contributed by atoms with Crippen LogP contribution in [0, 0.1) is 0 Å². The van der Waals surface area contributed by atoms with E-state index in [1.54, 1.807) is 18.5 Å². The van der Waals surface area contributed by atoms with Gasteiger partial charge in [-0.2, -0.15) is 0 Å². The van der Waals surface area contributed by atoms with Crippen molar-refractivity contribution in [3.63, 3.8) is 0 Å². The minimum Gasteiger partial charge on any atom is -0.504 e. The van der Waals surface area contributed by atoms with E-state index in [0.29, 0.717) is 10.9 Å². The van der Waals surface area contributed by atoms with Crippen molar-refractivity contribution in [2.24, 2.45) is 0 Å². The predicted molar refractivity (Wildman–Crippen MR) is 121 cm³/mol. The third kappa shape index (κ3) is 4.19. The molecule has 1 atom stereocenters. The number of phenols is 1. The fourth-order valence-corrected chi connectivity index (χ4v) is 4.65. The molecule has 32 heavy (non-hydrogen) atoms. The number of aromatic hydroxyl groups is 1. The van der Waals surface area contributed by atoms with Crippen molar-refractivity contribution in [1.82, 2.24) is 9.45 Å². The van der Waals surface area contributed by atoms with Gasteiger partial charge in [-0.1, -0.05) is 29.1 Å². The highest BCUT2D eigenvalue weighted by Crippen LogP contribution is 2.40. The molecule has 0 spiro atoms. The van der Waals surface area contributed by atoms with E-state index in [0.717, 1.165) is 19.7 Å². The van der Waals surface area contributed by atoms with Crippen molar-refractivity contribution in [3.05, 3.63) is 67.7 Å². The van der Waals surface area contributed by atoms with E-state index in [1.807, 2.05) is 13.0 Å². The minimum absolute atomic E-state index is 0.0264. The number of sulfonamides is 1. The summed E-state index contributed by atoms with van der Waals surface area (Å²) in [7, 11) is -2.03. The molecule has 2 aromatic carbocycles. The maximum atomic E-state index is 12.6. The minimum atomic E-state index is -4.30. The maximum Gasteiger partial charge on any atom is 0.269 e. The number of hydrogen-bond donors (Lipinski definition) is 3. The van der Waals surface area contributed by atoms with Crippen LogP contribution in [-0.2, 0) is 14.9 Å². The molecule has 1 heterocycles. The van der Waals surface area contributed by atoms with Crippen molar-refractivity contribution in [1.29, 1.82) is 0 Å². The second-order valence-corrected chi connectivity index (χ2v) is 9.07. The Morgan fingerprint density at radius 3 is 2.50 bits per heavy atom. The zero-order chi connectivity index (χ0) is 23.6. The summed E-state index contributed by atoms with van der Waals surface area (Å²) in [6.07, 6.45) is 3.87. The molecule has 0 aliphatic carbocycles. The number of halogens is 1. The normalized spacial score (nSPS) is 12.8. The van der Waals surface area contributed by atoms with Gasteiger partial charge in [0.05, 0.1) is 23.9 Å². The molecule has 0 saturated heterocycles. The Morgan fingerprint density at radius 1 is 1.22 bits per heavy atom. The van der Waals surface area contributed by atoms with Crippen molar-refractivity contribution in [3.8, 4) is 5.75 Å². The topological polar surface area (TPSA) is 138 Å². The molecule has 12 heteroatoms. The molecule has 1 unspecified atom stereocenters.